The van der Waals surface area contributed by atoms with Crippen molar-refractivity contribution >= 4 is 28.4 Å². The summed E-state index contributed by atoms with van der Waals surface area (Å²) in [6, 6.07) is 0. The molecule has 0 aliphatic rings. The highest BCUT2D eigenvalue weighted by Crippen LogP contribution is 2.41. The zero-order valence-electron chi connectivity index (χ0n) is 22.9. The molecule has 0 saturated carbocycles. The third kappa shape index (κ3) is 8.87. The SMILES string of the molecule is CON(C)C(=O)C[C@H](O[Si](C)(C)C(C)(C)C)[C@H](CC(=O)N(C)OC)O[Si](C)(C)C(C)(C)C. The molecule has 0 fully saturated rings. The number of rotatable bonds is 11. The first-order valence-electron chi connectivity index (χ1n) is 11.2. The van der Waals surface area contributed by atoms with Crippen LogP contribution in [0.15, 0.2) is 0 Å². The van der Waals surface area contributed by atoms with Crippen LogP contribution in [0.25, 0.3) is 0 Å². The Labute approximate surface area is 198 Å². The minimum Gasteiger partial charge on any atom is -0.411 e. The first-order valence-corrected chi connectivity index (χ1v) is 17.0. The van der Waals surface area contributed by atoms with Crippen molar-refractivity contribution in [2.24, 2.45) is 0 Å². The van der Waals surface area contributed by atoms with E-state index in [2.05, 4.69) is 67.7 Å². The summed E-state index contributed by atoms with van der Waals surface area (Å²) in [5.41, 5.74) is 0. The van der Waals surface area contributed by atoms with Gasteiger partial charge in [0.15, 0.2) is 16.6 Å². The Morgan fingerprint density at radius 2 is 0.938 bits per heavy atom. The Morgan fingerprint density at radius 3 is 1.12 bits per heavy atom. The number of hydrogen-bond donors (Lipinski definition) is 0. The molecule has 0 aliphatic heterocycles. The van der Waals surface area contributed by atoms with E-state index in [1.165, 1.54) is 24.3 Å². The molecular weight excluding hydrogens is 444 g/mol. The number of nitrogens with zero attached hydrogens (tertiary/aromatic N) is 2. The molecule has 0 N–H and O–H groups in total. The van der Waals surface area contributed by atoms with E-state index in [0.29, 0.717) is 0 Å². The van der Waals surface area contributed by atoms with Crippen LogP contribution in [0.2, 0.25) is 36.3 Å². The summed E-state index contributed by atoms with van der Waals surface area (Å²) in [6.07, 6.45) is -1.08. The fourth-order valence-electron chi connectivity index (χ4n) is 2.41. The molecular formula is C22H48N2O6Si2. The van der Waals surface area contributed by atoms with E-state index in [-0.39, 0.29) is 34.7 Å². The molecule has 2 amide bonds. The lowest BCUT2D eigenvalue weighted by Crippen LogP contribution is -2.54. The first kappa shape index (κ1) is 31.2. The van der Waals surface area contributed by atoms with Gasteiger partial charge in [-0.15, -0.1) is 0 Å². The number of amides is 2. The summed E-state index contributed by atoms with van der Waals surface area (Å²) in [5, 5.41) is 2.23. The van der Waals surface area contributed by atoms with E-state index in [9.17, 15) is 9.59 Å². The van der Waals surface area contributed by atoms with Gasteiger partial charge in [-0.25, -0.2) is 10.1 Å². The third-order valence-corrected chi connectivity index (χ3v) is 15.9. The maximum Gasteiger partial charge on any atom is 0.248 e. The Bertz CT molecular complexity index is 575. The summed E-state index contributed by atoms with van der Waals surface area (Å²) in [7, 11) is 1.47. The molecule has 32 heavy (non-hydrogen) atoms. The van der Waals surface area contributed by atoms with Gasteiger partial charge in [0.25, 0.3) is 0 Å². The van der Waals surface area contributed by atoms with Crippen molar-refractivity contribution in [3.05, 3.63) is 0 Å². The number of carbonyl (C=O) groups excluding carboxylic acids is 2. The first-order chi connectivity index (χ1) is 14.2. The second-order valence-electron chi connectivity index (χ2n) is 11.4. The van der Waals surface area contributed by atoms with Crippen molar-refractivity contribution in [2.75, 3.05) is 28.3 Å². The fraction of sp³-hybridized carbons (Fsp3) is 0.909. The van der Waals surface area contributed by atoms with Gasteiger partial charge in [0, 0.05) is 14.1 Å². The standard InChI is InChI=1S/C22H48N2O6Si2/c1-21(2,3)31(11,12)29-17(15-19(25)23(7)27-9)18(16-20(26)24(8)28-10)30-32(13,14)22(4,5)6/h17-18H,15-16H2,1-14H3/t17-,18-/m0/s1. The van der Waals surface area contributed by atoms with Crippen LogP contribution in [0.3, 0.4) is 0 Å². The predicted molar refractivity (Wildman–Crippen MR) is 133 cm³/mol. The molecule has 10 heteroatoms. The van der Waals surface area contributed by atoms with Crippen LogP contribution in [0.5, 0.6) is 0 Å². The van der Waals surface area contributed by atoms with Gasteiger partial charge in [0.1, 0.15) is 0 Å². The highest BCUT2D eigenvalue weighted by atomic mass is 28.4. The minimum atomic E-state index is -2.28. The third-order valence-electron chi connectivity index (χ3n) is 6.92. The minimum absolute atomic E-state index is 0.0557. The van der Waals surface area contributed by atoms with Crippen molar-refractivity contribution < 1.29 is 28.1 Å². The lowest BCUT2D eigenvalue weighted by Gasteiger charge is -2.45. The zero-order chi connectivity index (χ0) is 25.7. The van der Waals surface area contributed by atoms with E-state index >= 15 is 0 Å². The largest absolute Gasteiger partial charge is 0.411 e. The van der Waals surface area contributed by atoms with E-state index in [1.54, 1.807) is 14.1 Å². The molecule has 0 bridgehead atoms. The Balaban J connectivity index is 6.31. The highest BCUT2D eigenvalue weighted by Gasteiger charge is 2.46. The Hall–Kier alpha value is -0.786. The van der Waals surface area contributed by atoms with Crippen molar-refractivity contribution in [2.45, 2.75) is 103 Å². The van der Waals surface area contributed by atoms with Gasteiger partial charge in [-0.2, -0.15) is 0 Å². The van der Waals surface area contributed by atoms with Gasteiger partial charge in [0.2, 0.25) is 11.8 Å². The topological polar surface area (TPSA) is 77.5 Å². The molecule has 0 rings (SSSR count). The van der Waals surface area contributed by atoms with Crippen molar-refractivity contribution in [1.82, 2.24) is 10.1 Å². The summed E-state index contributed by atoms with van der Waals surface area (Å²) >= 11 is 0. The van der Waals surface area contributed by atoms with Crippen LogP contribution in [-0.2, 0) is 28.1 Å². The lowest BCUT2D eigenvalue weighted by atomic mass is 10.1. The fourth-order valence-corrected chi connectivity index (χ4v) is 5.10. The summed E-state index contributed by atoms with van der Waals surface area (Å²) in [4.78, 5) is 35.9. The van der Waals surface area contributed by atoms with Gasteiger partial charge in [-0.05, 0) is 36.3 Å². The second kappa shape index (κ2) is 11.6. The van der Waals surface area contributed by atoms with Crippen LogP contribution in [-0.4, -0.2) is 79.1 Å². The van der Waals surface area contributed by atoms with Gasteiger partial charge in [-0.3, -0.25) is 19.3 Å². The maximum atomic E-state index is 12.8. The normalized spacial score (nSPS) is 15.3. The number of hydrogen-bond acceptors (Lipinski definition) is 6. The highest BCUT2D eigenvalue weighted by molar-refractivity contribution is 6.74. The van der Waals surface area contributed by atoms with E-state index < -0.39 is 28.8 Å². The summed E-state index contributed by atoms with van der Waals surface area (Å²) < 4.78 is 13.4. The van der Waals surface area contributed by atoms with Crippen LogP contribution in [0, 0.1) is 0 Å². The molecule has 2 atom stereocenters. The molecule has 0 aromatic heterocycles. The van der Waals surface area contributed by atoms with Crippen LogP contribution in [0.1, 0.15) is 54.4 Å². The molecule has 0 radical (unpaired) electrons. The molecule has 0 unspecified atom stereocenters. The zero-order valence-corrected chi connectivity index (χ0v) is 24.9. The van der Waals surface area contributed by atoms with E-state index in [4.69, 9.17) is 18.5 Å². The lowest BCUT2D eigenvalue weighted by molar-refractivity contribution is -0.175. The van der Waals surface area contributed by atoms with Gasteiger partial charge < -0.3 is 8.85 Å². The second-order valence-corrected chi connectivity index (χ2v) is 20.9. The molecule has 0 saturated heterocycles. The molecule has 0 aliphatic carbocycles. The smallest absolute Gasteiger partial charge is 0.248 e. The Kier molecular flexibility index (Phi) is 11.3. The molecule has 0 aromatic rings. The van der Waals surface area contributed by atoms with Crippen molar-refractivity contribution in [1.29, 1.82) is 0 Å². The van der Waals surface area contributed by atoms with Crippen molar-refractivity contribution in [3.8, 4) is 0 Å². The van der Waals surface area contributed by atoms with Gasteiger partial charge in [0.05, 0.1) is 39.3 Å². The Morgan fingerprint density at radius 1 is 0.688 bits per heavy atom. The summed E-state index contributed by atoms with van der Waals surface area (Å²) in [5.74, 6) is -0.458. The maximum absolute atomic E-state index is 12.8. The number of carbonyl (C=O) groups is 2. The molecule has 0 aromatic carbocycles. The monoisotopic (exact) mass is 492 g/mol. The van der Waals surface area contributed by atoms with Crippen LogP contribution in [0.4, 0.5) is 0 Å². The molecule has 0 heterocycles. The molecule has 0 spiro atoms. The number of hydroxylamine groups is 4. The van der Waals surface area contributed by atoms with Gasteiger partial charge >= 0.3 is 0 Å². The van der Waals surface area contributed by atoms with Crippen molar-refractivity contribution in [3.63, 3.8) is 0 Å². The predicted octanol–water partition coefficient (Wildman–Crippen LogP) is 4.59. The summed E-state index contributed by atoms with van der Waals surface area (Å²) in [6.45, 7) is 21.4. The van der Waals surface area contributed by atoms with E-state index in [0.717, 1.165) is 0 Å². The van der Waals surface area contributed by atoms with E-state index in [1.807, 2.05) is 0 Å². The molecule has 190 valence electrons. The average molecular weight is 493 g/mol. The average Bonchev–Trinajstić information content (AvgIpc) is 2.63. The quantitative estimate of drug-likeness (QED) is 0.310. The van der Waals surface area contributed by atoms with Gasteiger partial charge in [-0.1, -0.05) is 41.5 Å². The van der Waals surface area contributed by atoms with Crippen LogP contribution < -0.4 is 0 Å². The van der Waals surface area contributed by atoms with Crippen LogP contribution >= 0.6 is 0 Å². The molecule has 8 nitrogen and oxygen atoms in total.